The van der Waals surface area contributed by atoms with Gasteiger partial charge in [0.15, 0.2) is 0 Å². The Morgan fingerprint density at radius 2 is 1.76 bits per heavy atom. The van der Waals surface area contributed by atoms with Crippen molar-refractivity contribution >= 4 is 20.3 Å². The molecule has 6 heteroatoms. The number of halogens is 1. The maximum absolute atomic E-state index is 2.69. The van der Waals surface area contributed by atoms with Crippen LogP contribution in [0, 0.1) is 0 Å². The third kappa shape index (κ3) is 2.86. The van der Waals surface area contributed by atoms with E-state index in [9.17, 15) is 0 Å². The number of benzene rings is 1. The Kier molecular flexibility index (Phi) is 4.56. The number of rotatable bonds is 3. The minimum Gasteiger partial charge on any atom is -0.305 e. The normalized spacial score (nSPS) is 36.8. The monoisotopic (exact) mass is 326 g/mol. The van der Waals surface area contributed by atoms with E-state index in [2.05, 4.69) is 58.0 Å². The molecular formula is C15H24ClN4P. The number of hydrogen-bond acceptors (Lipinski definition) is 4. The van der Waals surface area contributed by atoms with E-state index >= 15 is 0 Å². The number of hydrogen-bond donors (Lipinski definition) is 0. The average Bonchev–Trinajstić information content (AvgIpc) is 2.38. The van der Waals surface area contributed by atoms with Crippen LogP contribution in [0.4, 0.5) is 0 Å². The molecule has 4 fully saturated rings. The molecule has 21 heavy (non-hydrogen) atoms. The molecule has 4 aliphatic rings. The van der Waals surface area contributed by atoms with Crippen molar-refractivity contribution in [1.82, 2.24) is 19.6 Å². The third-order valence-corrected chi connectivity index (χ3v) is 6.76. The highest BCUT2D eigenvalue weighted by molar-refractivity contribution is 7.57. The highest BCUT2D eigenvalue weighted by Gasteiger charge is 2.45. The van der Waals surface area contributed by atoms with Crippen molar-refractivity contribution in [2.24, 2.45) is 0 Å². The van der Waals surface area contributed by atoms with Gasteiger partial charge in [-0.1, -0.05) is 32.2 Å². The molecule has 5 rings (SSSR count). The van der Waals surface area contributed by atoms with Gasteiger partial charge < -0.3 is 4.90 Å². The fourth-order valence-corrected chi connectivity index (χ4v) is 6.40. The van der Waals surface area contributed by atoms with E-state index in [1.165, 1.54) is 30.0 Å². The molecule has 0 aromatic heterocycles. The van der Waals surface area contributed by atoms with Crippen molar-refractivity contribution in [3.8, 4) is 0 Å². The van der Waals surface area contributed by atoms with Crippen LogP contribution in [0.3, 0.4) is 0 Å². The fraction of sp³-hybridized carbons (Fsp3) is 0.600. The SMILES string of the molecule is CN(C)Cc1ccccc1C1N2CN3CN1CP(C3)C2.Cl. The molecule has 4 nitrogen and oxygen atoms in total. The van der Waals surface area contributed by atoms with Crippen LogP contribution in [0.1, 0.15) is 17.3 Å². The van der Waals surface area contributed by atoms with Crippen LogP contribution in [-0.2, 0) is 6.54 Å². The van der Waals surface area contributed by atoms with Gasteiger partial charge in [-0.25, -0.2) is 0 Å². The van der Waals surface area contributed by atoms with Crippen LogP contribution in [0.2, 0.25) is 0 Å². The number of nitrogens with zero attached hydrogens (tertiary/aromatic N) is 4. The molecule has 116 valence electrons. The van der Waals surface area contributed by atoms with Gasteiger partial charge in [-0.3, -0.25) is 14.7 Å². The summed E-state index contributed by atoms with van der Waals surface area (Å²) in [6.07, 6.45) is 4.56. The van der Waals surface area contributed by atoms with Crippen molar-refractivity contribution in [2.75, 3.05) is 46.3 Å². The molecule has 2 atom stereocenters. The Morgan fingerprint density at radius 3 is 2.38 bits per heavy atom. The lowest BCUT2D eigenvalue weighted by molar-refractivity contribution is -0.0849. The summed E-state index contributed by atoms with van der Waals surface area (Å²) in [5.41, 5.74) is 3.01. The van der Waals surface area contributed by atoms with Gasteiger partial charge >= 0.3 is 0 Å². The Bertz CT molecular complexity index is 482. The third-order valence-electron chi connectivity index (χ3n) is 4.44. The zero-order valence-corrected chi connectivity index (χ0v) is 14.5. The molecule has 4 aliphatic heterocycles. The second-order valence-corrected chi connectivity index (χ2v) is 8.73. The predicted molar refractivity (Wildman–Crippen MR) is 90.6 cm³/mol. The predicted octanol–water partition coefficient (Wildman–Crippen LogP) is 2.38. The van der Waals surface area contributed by atoms with Crippen molar-refractivity contribution in [1.29, 1.82) is 0 Å². The van der Waals surface area contributed by atoms with E-state index in [0.717, 1.165) is 19.9 Å². The Balaban J connectivity index is 0.00000132. The highest BCUT2D eigenvalue weighted by Crippen LogP contribution is 2.53. The molecule has 1 aromatic rings. The molecule has 0 amide bonds. The smallest absolute Gasteiger partial charge is 0.0916 e. The minimum atomic E-state index is 0. The summed E-state index contributed by atoms with van der Waals surface area (Å²) in [6, 6.07) is 9.02. The van der Waals surface area contributed by atoms with Crippen molar-refractivity contribution in [3.63, 3.8) is 0 Å². The molecule has 0 N–H and O–H groups in total. The van der Waals surface area contributed by atoms with Crippen molar-refractivity contribution in [3.05, 3.63) is 35.4 Å². The van der Waals surface area contributed by atoms with E-state index in [1.54, 1.807) is 0 Å². The molecule has 0 radical (unpaired) electrons. The average molecular weight is 327 g/mol. The Hall–Kier alpha value is -0.220. The van der Waals surface area contributed by atoms with Crippen LogP contribution < -0.4 is 0 Å². The summed E-state index contributed by atoms with van der Waals surface area (Å²) in [5.74, 6) is 0. The lowest BCUT2D eigenvalue weighted by Gasteiger charge is -2.59. The largest absolute Gasteiger partial charge is 0.305 e. The maximum Gasteiger partial charge on any atom is 0.0916 e. The van der Waals surface area contributed by atoms with Crippen molar-refractivity contribution in [2.45, 2.75) is 12.7 Å². The van der Waals surface area contributed by atoms with Gasteiger partial charge in [0.25, 0.3) is 0 Å². The second kappa shape index (κ2) is 6.11. The van der Waals surface area contributed by atoms with Crippen molar-refractivity contribution < 1.29 is 0 Å². The molecule has 0 saturated carbocycles. The highest BCUT2D eigenvalue weighted by atomic mass is 35.5. The first-order chi connectivity index (χ1) is 9.70. The summed E-state index contributed by atoms with van der Waals surface area (Å²) < 4.78 is 0. The van der Waals surface area contributed by atoms with Gasteiger partial charge in [-0.2, -0.15) is 0 Å². The topological polar surface area (TPSA) is 13.0 Å². The molecule has 4 heterocycles. The van der Waals surface area contributed by atoms with E-state index in [-0.39, 0.29) is 20.3 Å². The summed E-state index contributed by atoms with van der Waals surface area (Å²) in [5, 5.41) is 0. The Labute approximate surface area is 134 Å². The van der Waals surface area contributed by atoms with Gasteiger partial charge in [-0.15, -0.1) is 12.4 Å². The van der Waals surface area contributed by atoms with Gasteiger partial charge in [0.05, 0.1) is 19.5 Å². The summed E-state index contributed by atoms with van der Waals surface area (Å²) in [6.45, 7) is 3.36. The molecule has 0 aliphatic carbocycles. The van der Waals surface area contributed by atoms with E-state index in [4.69, 9.17) is 0 Å². The fourth-order valence-electron chi connectivity index (χ4n) is 3.87. The molecule has 4 saturated heterocycles. The summed E-state index contributed by atoms with van der Waals surface area (Å²) in [7, 11) is 4.52. The molecule has 4 bridgehead atoms. The van der Waals surface area contributed by atoms with Gasteiger partial charge in [0.2, 0.25) is 0 Å². The maximum atomic E-state index is 2.69. The summed E-state index contributed by atoms with van der Waals surface area (Å²) >= 11 is 0. The molecule has 0 spiro atoms. The van der Waals surface area contributed by atoms with E-state index < -0.39 is 0 Å². The standard InChI is InChI=1S/C15H23N4P.ClH/c1-16(2)7-13-5-3-4-6-14(13)15-18-8-17-9-19(15)12-20(10-17)11-18;/h3-6,15H,7-12H2,1-2H3;1H. The first-order valence-electron chi connectivity index (χ1n) is 7.36. The Morgan fingerprint density at radius 1 is 1.10 bits per heavy atom. The van der Waals surface area contributed by atoms with Crippen LogP contribution in [0.25, 0.3) is 0 Å². The van der Waals surface area contributed by atoms with Crippen LogP contribution in [0.5, 0.6) is 0 Å². The first-order valence-corrected chi connectivity index (χ1v) is 9.26. The zero-order valence-electron chi connectivity index (χ0n) is 12.8. The summed E-state index contributed by atoms with van der Waals surface area (Å²) in [4.78, 5) is 10.3. The molecular weight excluding hydrogens is 303 g/mol. The van der Waals surface area contributed by atoms with Crippen LogP contribution in [0.15, 0.2) is 24.3 Å². The second-order valence-electron chi connectivity index (χ2n) is 6.54. The van der Waals surface area contributed by atoms with Crippen LogP contribution in [-0.4, -0.2) is 65.9 Å². The molecule has 2 unspecified atom stereocenters. The van der Waals surface area contributed by atoms with Gasteiger partial charge in [0, 0.05) is 25.4 Å². The lowest BCUT2D eigenvalue weighted by atomic mass is 10.0. The lowest BCUT2D eigenvalue weighted by Crippen LogP contribution is -2.63. The van der Waals surface area contributed by atoms with Gasteiger partial charge in [-0.05, 0) is 25.2 Å². The molecule has 1 aromatic carbocycles. The quantitative estimate of drug-likeness (QED) is 0.791. The minimum absolute atomic E-state index is 0. The van der Waals surface area contributed by atoms with Gasteiger partial charge in [0.1, 0.15) is 0 Å². The first kappa shape index (κ1) is 15.7. The van der Waals surface area contributed by atoms with E-state index in [0.29, 0.717) is 6.17 Å². The van der Waals surface area contributed by atoms with E-state index in [1.807, 2.05) is 0 Å². The van der Waals surface area contributed by atoms with Crippen LogP contribution >= 0.6 is 20.3 Å². The zero-order chi connectivity index (χ0) is 13.7.